The molecule has 2 aromatic rings. The lowest BCUT2D eigenvalue weighted by Crippen LogP contribution is -2.48. The summed E-state index contributed by atoms with van der Waals surface area (Å²) < 4.78 is 11.1. The van der Waals surface area contributed by atoms with E-state index in [9.17, 15) is 4.79 Å². The average Bonchev–Trinajstić information content (AvgIpc) is 2.77. The summed E-state index contributed by atoms with van der Waals surface area (Å²) in [6.45, 7) is 5.12. The smallest absolute Gasteiger partial charge is 0.222 e. The first-order valence-electron chi connectivity index (χ1n) is 10.1. The third kappa shape index (κ3) is 6.17. The highest BCUT2D eigenvalue weighted by Gasteiger charge is 2.20. The van der Waals surface area contributed by atoms with E-state index in [1.165, 1.54) is 5.56 Å². The normalized spacial score (nSPS) is 14.6. The summed E-state index contributed by atoms with van der Waals surface area (Å²) in [4.78, 5) is 21.0. The molecule has 7 nitrogen and oxygen atoms in total. The molecule has 2 N–H and O–H groups in total. The average molecular weight is 399 g/mol. The molecule has 0 saturated carbocycles. The number of hydrogen-bond donors (Lipinski definition) is 1. The number of ether oxygens (including phenoxy) is 2. The minimum atomic E-state index is 0.192. The molecule has 1 aliphatic heterocycles. The summed E-state index contributed by atoms with van der Waals surface area (Å²) in [6.07, 6.45) is 4.84. The maximum Gasteiger partial charge on any atom is 0.222 e. The summed E-state index contributed by atoms with van der Waals surface area (Å²) >= 11 is 0. The molecule has 0 spiro atoms. The highest BCUT2D eigenvalue weighted by Crippen LogP contribution is 2.28. The highest BCUT2D eigenvalue weighted by atomic mass is 16.5. The van der Waals surface area contributed by atoms with E-state index in [1.807, 2.05) is 35.4 Å². The zero-order valence-electron chi connectivity index (χ0n) is 17.0. The Morgan fingerprint density at radius 3 is 2.66 bits per heavy atom. The van der Waals surface area contributed by atoms with Crippen LogP contribution in [0.25, 0.3) is 0 Å². The number of carbonyl (C=O) groups is 1. The van der Waals surface area contributed by atoms with E-state index in [4.69, 9.17) is 15.2 Å². The lowest BCUT2D eigenvalue weighted by molar-refractivity contribution is -0.133. The predicted octanol–water partition coefficient (Wildman–Crippen LogP) is 2.05. The Kier molecular flexibility index (Phi) is 7.84. The molecule has 1 fully saturated rings. The number of rotatable bonds is 9. The van der Waals surface area contributed by atoms with E-state index < -0.39 is 0 Å². The van der Waals surface area contributed by atoms with Crippen molar-refractivity contribution in [3.63, 3.8) is 0 Å². The van der Waals surface area contributed by atoms with Gasteiger partial charge in [0.1, 0.15) is 0 Å². The lowest BCUT2D eigenvalue weighted by Gasteiger charge is -2.34. The topological polar surface area (TPSA) is 80.9 Å². The fourth-order valence-electron chi connectivity index (χ4n) is 3.43. The van der Waals surface area contributed by atoms with Crippen LogP contribution < -0.4 is 15.2 Å². The van der Waals surface area contributed by atoms with Crippen LogP contribution in [0.2, 0.25) is 0 Å². The maximum absolute atomic E-state index is 12.5. The fourth-order valence-corrected chi connectivity index (χ4v) is 3.43. The third-order valence-electron chi connectivity index (χ3n) is 5.11. The number of hydrogen-bond acceptors (Lipinski definition) is 6. The first kappa shape index (κ1) is 21.1. The van der Waals surface area contributed by atoms with Crippen LogP contribution in [0.3, 0.4) is 0 Å². The quantitative estimate of drug-likeness (QED) is 0.651. The van der Waals surface area contributed by atoms with Gasteiger partial charge in [-0.3, -0.25) is 14.7 Å². The molecule has 29 heavy (non-hydrogen) atoms. The van der Waals surface area contributed by atoms with Crippen LogP contribution in [0, 0.1) is 0 Å². The minimum absolute atomic E-state index is 0.192. The number of benzene rings is 1. The van der Waals surface area contributed by atoms with Crippen molar-refractivity contribution in [2.24, 2.45) is 5.73 Å². The van der Waals surface area contributed by atoms with Crippen LogP contribution in [0.4, 0.5) is 0 Å². The van der Waals surface area contributed by atoms with Gasteiger partial charge in [-0.25, -0.2) is 0 Å². The zero-order valence-corrected chi connectivity index (χ0v) is 17.0. The highest BCUT2D eigenvalue weighted by molar-refractivity contribution is 5.76. The van der Waals surface area contributed by atoms with Gasteiger partial charge in [0.2, 0.25) is 5.91 Å². The molecule has 7 heteroatoms. The largest absolute Gasteiger partial charge is 0.493 e. The van der Waals surface area contributed by atoms with Crippen molar-refractivity contribution in [2.75, 3.05) is 39.9 Å². The molecule has 0 unspecified atom stereocenters. The monoisotopic (exact) mass is 398 g/mol. The van der Waals surface area contributed by atoms with E-state index in [0.29, 0.717) is 37.5 Å². The van der Waals surface area contributed by atoms with Gasteiger partial charge in [-0.1, -0.05) is 12.1 Å². The molecule has 3 rings (SSSR count). The molecule has 1 amide bonds. The number of piperazine rings is 1. The summed E-state index contributed by atoms with van der Waals surface area (Å²) in [6, 6.07) is 9.71. The molecule has 0 aliphatic carbocycles. The van der Waals surface area contributed by atoms with Crippen molar-refractivity contribution >= 4 is 5.91 Å². The Balaban J connectivity index is 1.37. The Morgan fingerprint density at radius 2 is 1.97 bits per heavy atom. The van der Waals surface area contributed by atoms with E-state index >= 15 is 0 Å². The number of aromatic nitrogens is 1. The Hall–Kier alpha value is -2.64. The van der Waals surface area contributed by atoms with Crippen LogP contribution in [-0.4, -0.2) is 60.6 Å². The molecule has 0 radical (unpaired) electrons. The van der Waals surface area contributed by atoms with E-state index in [0.717, 1.165) is 38.3 Å². The second-order valence-electron chi connectivity index (χ2n) is 7.16. The standard InChI is InChI=1S/C22H30N4O3/c1-28-20-7-6-18(15-23)14-21(20)29-13-3-5-22(27)26-11-9-25(10-12-26)17-19-4-2-8-24-16-19/h2,4,6-8,14,16H,3,5,9-13,15,17,23H2,1H3. The van der Waals surface area contributed by atoms with Gasteiger partial charge in [-0.05, 0) is 35.7 Å². The Morgan fingerprint density at radius 1 is 1.14 bits per heavy atom. The van der Waals surface area contributed by atoms with Crippen molar-refractivity contribution < 1.29 is 14.3 Å². The molecule has 1 aliphatic rings. The molecular weight excluding hydrogens is 368 g/mol. The summed E-state index contributed by atoms with van der Waals surface area (Å²) in [5, 5.41) is 0. The van der Waals surface area contributed by atoms with Crippen molar-refractivity contribution in [3.05, 3.63) is 53.9 Å². The molecule has 156 valence electrons. The molecule has 2 heterocycles. The third-order valence-corrected chi connectivity index (χ3v) is 5.11. The number of amides is 1. The Bertz CT molecular complexity index is 777. The molecule has 1 saturated heterocycles. The Labute approximate surface area is 172 Å². The number of pyridine rings is 1. The van der Waals surface area contributed by atoms with Gasteiger partial charge in [0.15, 0.2) is 11.5 Å². The predicted molar refractivity (Wildman–Crippen MR) is 112 cm³/mol. The van der Waals surface area contributed by atoms with E-state index in [2.05, 4.69) is 16.0 Å². The second kappa shape index (κ2) is 10.8. The molecule has 1 aromatic carbocycles. The maximum atomic E-state index is 12.5. The van der Waals surface area contributed by atoms with Crippen molar-refractivity contribution in [1.82, 2.24) is 14.8 Å². The van der Waals surface area contributed by atoms with Crippen LogP contribution in [0.15, 0.2) is 42.7 Å². The second-order valence-corrected chi connectivity index (χ2v) is 7.16. The first-order chi connectivity index (χ1) is 14.2. The summed E-state index contributed by atoms with van der Waals surface area (Å²) in [5.74, 6) is 1.54. The SMILES string of the molecule is COc1ccc(CN)cc1OCCCC(=O)N1CCN(Cc2cccnc2)CC1. The number of carbonyl (C=O) groups excluding carboxylic acids is 1. The van der Waals surface area contributed by atoms with Gasteiger partial charge in [0.25, 0.3) is 0 Å². The first-order valence-corrected chi connectivity index (χ1v) is 10.1. The van der Waals surface area contributed by atoms with E-state index in [-0.39, 0.29) is 5.91 Å². The van der Waals surface area contributed by atoms with Gasteiger partial charge < -0.3 is 20.1 Å². The summed E-state index contributed by atoms with van der Waals surface area (Å²) in [5.41, 5.74) is 7.88. The lowest BCUT2D eigenvalue weighted by atomic mass is 10.2. The molecule has 1 aromatic heterocycles. The number of nitrogens with two attached hydrogens (primary N) is 1. The van der Waals surface area contributed by atoms with Crippen LogP contribution in [0.5, 0.6) is 11.5 Å². The van der Waals surface area contributed by atoms with Crippen molar-refractivity contribution in [3.8, 4) is 11.5 Å². The van der Waals surface area contributed by atoms with Gasteiger partial charge in [0, 0.05) is 58.1 Å². The van der Waals surface area contributed by atoms with Crippen LogP contribution in [-0.2, 0) is 17.9 Å². The van der Waals surface area contributed by atoms with Crippen LogP contribution in [0.1, 0.15) is 24.0 Å². The number of methoxy groups -OCH3 is 1. The zero-order chi connectivity index (χ0) is 20.5. The van der Waals surface area contributed by atoms with Crippen LogP contribution >= 0.6 is 0 Å². The van der Waals surface area contributed by atoms with Crippen molar-refractivity contribution in [2.45, 2.75) is 25.9 Å². The minimum Gasteiger partial charge on any atom is -0.493 e. The molecule has 0 bridgehead atoms. The van der Waals surface area contributed by atoms with Gasteiger partial charge in [-0.15, -0.1) is 0 Å². The van der Waals surface area contributed by atoms with Crippen molar-refractivity contribution in [1.29, 1.82) is 0 Å². The van der Waals surface area contributed by atoms with Gasteiger partial charge in [-0.2, -0.15) is 0 Å². The number of nitrogens with zero attached hydrogens (tertiary/aromatic N) is 3. The van der Waals surface area contributed by atoms with Gasteiger partial charge >= 0.3 is 0 Å². The van der Waals surface area contributed by atoms with Gasteiger partial charge in [0.05, 0.1) is 13.7 Å². The fraction of sp³-hybridized carbons (Fsp3) is 0.455. The van der Waals surface area contributed by atoms with E-state index in [1.54, 1.807) is 13.3 Å². The molecule has 0 atom stereocenters. The molecular formula is C22H30N4O3. The summed E-state index contributed by atoms with van der Waals surface area (Å²) in [7, 11) is 1.61.